The molecule has 8 heteroatoms. The molecule has 8 nitrogen and oxygen atoms in total. The number of likely N-dealkylation sites (N-methyl/N-ethyl adjacent to an activating group) is 1. The minimum Gasteiger partial charge on any atom is -0.338 e. The third-order valence-corrected chi connectivity index (χ3v) is 5.23. The zero-order valence-corrected chi connectivity index (χ0v) is 17.7. The molecule has 0 saturated carbocycles. The molecular formula is C23H24N6O2. The van der Waals surface area contributed by atoms with Gasteiger partial charge in [-0.3, -0.25) is 15.0 Å². The van der Waals surface area contributed by atoms with Crippen LogP contribution in [0.3, 0.4) is 0 Å². The van der Waals surface area contributed by atoms with Crippen molar-refractivity contribution in [1.82, 2.24) is 24.8 Å². The maximum absolute atomic E-state index is 12.5. The van der Waals surface area contributed by atoms with Crippen molar-refractivity contribution >= 4 is 11.8 Å². The molecule has 0 saturated heterocycles. The van der Waals surface area contributed by atoms with Gasteiger partial charge in [0.05, 0.1) is 12.2 Å². The number of hydrogen-bond donors (Lipinski definition) is 1. The van der Waals surface area contributed by atoms with Crippen LogP contribution in [0.15, 0.2) is 71.8 Å². The van der Waals surface area contributed by atoms with Crippen LogP contribution in [-0.4, -0.2) is 44.3 Å². The molecule has 0 aliphatic rings. The van der Waals surface area contributed by atoms with Gasteiger partial charge in [-0.25, -0.2) is 9.67 Å². The van der Waals surface area contributed by atoms with Gasteiger partial charge in [-0.2, -0.15) is 5.10 Å². The highest BCUT2D eigenvalue weighted by Crippen LogP contribution is 2.23. The fourth-order valence-corrected chi connectivity index (χ4v) is 3.24. The highest BCUT2D eigenvalue weighted by Gasteiger charge is 2.17. The third kappa shape index (κ3) is 4.87. The lowest BCUT2D eigenvalue weighted by atomic mass is 10.1. The van der Waals surface area contributed by atoms with E-state index in [4.69, 9.17) is 4.52 Å². The molecule has 0 unspecified atom stereocenters. The highest BCUT2D eigenvalue weighted by molar-refractivity contribution is 5.91. The van der Waals surface area contributed by atoms with Gasteiger partial charge < -0.3 is 4.52 Å². The lowest BCUT2D eigenvalue weighted by Crippen LogP contribution is -2.32. The SMILES string of the molecule is Cc1ccc(-c2cc(NC(=O)CN(C)[C@@H](C)c3ccc(-n4cncn4)cc3)on2)cc1. The molecule has 4 rings (SSSR count). The summed E-state index contributed by atoms with van der Waals surface area (Å²) in [7, 11) is 1.91. The molecule has 2 heterocycles. The van der Waals surface area contributed by atoms with Crippen LogP contribution in [0, 0.1) is 6.92 Å². The van der Waals surface area contributed by atoms with Crippen molar-refractivity contribution in [2.24, 2.45) is 0 Å². The number of rotatable bonds is 7. The fourth-order valence-electron chi connectivity index (χ4n) is 3.24. The number of amides is 1. The number of aryl methyl sites for hydroxylation is 1. The van der Waals surface area contributed by atoms with E-state index in [0.717, 1.165) is 16.8 Å². The van der Waals surface area contributed by atoms with Crippen LogP contribution in [0.25, 0.3) is 16.9 Å². The van der Waals surface area contributed by atoms with Crippen LogP contribution in [-0.2, 0) is 4.79 Å². The number of nitrogens with one attached hydrogen (secondary N) is 1. The molecule has 1 atom stereocenters. The molecule has 2 aromatic heterocycles. The van der Waals surface area contributed by atoms with Gasteiger partial charge in [0.1, 0.15) is 18.3 Å². The molecule has 0 aliphatic carbocycles. The minimum absolute atomic E-state index is 0.0494. The van der Waals surface area contributed by atoms with E-state index in [0.29, 0.717) is 11.6 Å². The van der Waals surface area contributed by atoms with E-state index in [-0.39, 0.29) is 18.5 Å². The van der Waals surface area contributed by atoms with Crippen LogP contribution < -0.4 is 5.32 Å². The zero-order chi connectivity index (χ0) is 21.8. The average molecular weight is 416 g/mol. The Kier molecular flexibility index (Phi) is 5.90. The summed E-state index contributed by atoms with van der Waals surface area (Å²) in [5.41, 5.74) is 4.83. The molecular weight excluding hydrogens is 392 g/mol. The van der Waals surface area contributed by atoms with Gasteiger partial charge in [0.25, 0.3) is 0 Å². The molecule has 0 fully saturated rings. The fraction of sp³-hybridized carbons (Fsp3) is 0.217. The normalized spacial score (nSPS) is 12.1. The molecule has 31 heavy (non-hydrogen) atoms. The second-order valence-corrected chi connectivity index (χ2v) is 7.51. The lowest BCUT2D eigenvalue weighted by molar-refractivity contribution is -0.117. The van der Waals surface area contributed by atoms with Crippen LogP contribution in [0.4, 0.5) is 5.88 Å². The number of aromatic nitrogens is 4. The molecule has 0 radical (unpaired) electrons. The second-order valence-electron chi connectivity index (χ2n) is 7.51. The van der Waals surface area contributed by atoms with E-state index in [1.807, 2.05) is 67.4 Å². The Morgan fingerprint density at radius 3 is 2.58 bits per heavy atom. The van der Waals surface area contributed by atoms with Crippen molar-refractivity contribution in [2.75, 3.05) is 18.9 Å². The van der Waals surface area contributed by atoms with Crippen molar-refractivity contribution in [3.8, 4) is 16.9 Å². The van der Waals surface area contributed by atoms with Crippen molar-refractivity contribution in [3.63, 3.8) is 0 Å². The molecule has 4 aromatic rings. The third-order valence-electron chi connectivity index (χ3n) is 5.23. The number of nitrogens with zero attached hydrogens (tertiary/aromatic N) is 5. The van der Waals surface area contributed by atoms with Crippen LogP contribution in [0.5, 0.6) is 0 Å². The van der Waals surface area contributed by atoms with Gasteiger partial charge in [0, 0.05) is 17.7 Å². The lowest BCUT2D eigenvalue weighted by Gasteiger charge is -2.24. The van der Waals surface area contributed by atoms with E-state index in [9.17, 15) is 4.79 Å². The Morgan fingerprint density at radius 1 is 1.16 bits per heavy atom. The van der Waals surface area contributed by atoms with Gasteiger partial charge >= 0.3 is 0 Å². The van der Waals surface area contributed by atoms with Crippen LogP contribution in [0.1, 0.15) is 24.1 Å². The van der Waals surface area contributed by atoms with E-state index in [1.54, 1.807) is 17.1 Å². The monoisotopic (exact) mass is 416 g/mol. The van der Waals surface area contributed by atoms with Gasteiger partial charge in [0.2, 0.25) is 11.8 Å². The molecule has 158 valence electrons. The Morgan fingerprint density at radius 2 is 1.90 bits per heavy atom. The first-order chi connectivity index (χ1) is 15.0. The van der Waals surface area contributed by atoms with Gasteiger partial charge in [-0.1, -0.05) is 47.1 Å². The quantitative estimate of drug-likeness (QED) is 0.492. The summed E-state index contributed by atoms with van der Waals surface area (Å²) in [4.78, 5) is 18.4. The number of carbonyl (C=O) groups excluding carboxylic acids is 1. The van der Waals surface area contributed by atoms with E-state index in [1.165, 1.54) is 11.9 Å². The predicted octanol–water partition coefficient (Wildman–Crippen LogP) is 3.86. The first-order valence-electron chi connectivity index (χ1n) is 9.98. The van der Waals surface area contributed by atoms with E-state index in [2.05, 4.69) is 27.5 Å². The van der Waals surface area contributed by atoms with Crippen LogP contribution in [0.2, 0.25) is 0 Å². The topological polar surface area (TPSA) is 89.1 Å². The van der Waals surface area contributed by atoms with Gasteiger partial charge in [-0.05, 0) is 38.6 Å². The summed E-state index contributed by atoms with van der Waals surface area (Å²) in [5.74, 6) is 0.166. The molecule has 0 bridgehead atoms. The average Bonchev–Trinajstić information content (AvgIpc) is 3.46. The maximum atomic E-state index is 12.5. The van der Waals surface area contributed by atoms with Gasteiger partial charge in [0.15, 0.2) is 0 Å². The van der Waals surface area contributed by atoms with Crippen molar-refractivity contribution in [3.05, 3.63) is 78.4 Å². The summed E-state index contributed by atoms with van der Waals surface area (Å²) in [6.07, 6.45) is 3.16. The standard InChI is InChI=1S/C23H24N6O2/c1-16-4-6-19(7-5-16)21-12-23(31-27-21)26-22(30)13-28(3)17(2)18-8-10-20(11-9-18)29-15-24-14-25-29/h4-12,14-15,17H,13H2,1-3H3,(H,26,30)/t17-/m0/s1. The molecule has 2 aromatic carbocycles. The number of anilines is 1. The second kappa shape index (κ2) is 8.93. The Balaban J connectivity index is 1.34. The smallest absolute Gasteiger partial charge is 0.240 e. The number of hydrogen-bond acceptors (Lipinski definition) is 6. The maximum Gasteiger partial charge on any atom is 0.240 e. The molecule has 0 spiro atoms. The summed E-state index contributed by atoms with van der Waals surface area (Å²) in [6.45, 7) is 4.30. The van der Waals surface area contributed by atoms with E-state index < -0.39 is 0 Å². The minimum atomic E-state index is -0.166. The van der Waals surface area contributed by atoms with Crippen molar-refractivity contribution in [2.45, 2.75) is 19.9 Å². The largest absolute Gasteiger partial charge is 0.338 e. The Hall–Kier alpha value is -3.78. The van der Waals surface area contributed by atoms with E-state index >= 15 is 0 Å². The highest BCUT2D eigenvalue weighted by atomic mass is 16.5. The number of benzene rings is 2. The van der Waals surface area contributed by atoms with Gasteiger partial charge in [-0.15, -0.1) is 0 Å². The zero-order valence-electron chi connectivity index (χ0n) is 17.7. The summed E-state index contributed by atoms with van der Waals surface area (Å²) in [6, 6.07) is 17.8. The van der Waals surface area contributed by atoms with Crippen molar-refractivity contribution < 1.29 is 9.32 Å². The van der Waals surface area contributed by atoms with Crippen molar-refractivity contribution in [1.29, 1.82) is 0 Å². The first-order valence-corrected chi connectivity index (χ1v) is 9.98. The van der Waals surface area contributed by atoms with Crippen LogP contribution >= 0.6 is 0 Å². The Labute approximate surface area is 180 Å². The predicted molar refractivity (Wildman–Crippen MR) is 118 cm³/mol. The summed E-state index contributed by atoms with van der Waals surface area (Å²) in [5, 5.41) is 11.0. The Bertz CT molecular complexity index is 1130. The number of carbonyl (C=O) groups is 1. The summed E-state index contributed by atoms with van der Waals surface area (Å²) >= 11 is 0. The molecule has 1 N–H and O–H groups in total. The summed E-state index contributed by atoms with van der Waals surface area (Å²) < 4.78 is 6.98. The molecule has 1 amide bonds. The molecule has 0 aliphatic heterocycles. The first kappa shape index (κ1) is 20.5.